The normalized spacial score (nSPS) is 24.2. The Hall–Kier alpha value is -0.640. The van der Waals surface area contributed by atoms with Crippen molar-refractivity contribution in [1.29, 1.82) is 0 Å². The third-order valence-electron chi connectivity index (χ3n) is 1.54. The Morgan fingerprint density at radius 2 is 2.17 bits per heavy atom. The standard InChI is InChI=1S/C6H11FN2O.C2H6/c1-9-4-5(7)2-8-3-6(9)10;1-2/h5,8H,2-4H2,1H3;1-2H3. The van der Waals surface area contributed by atoms with Crippen LogP contribution >= 0.6 is 0 Å². The van der Waals surface area contributed by atoms with Crippen LogP contribution in [0, 0.1) is 0 Å². The van der Waals surface area contributed by atoms with Gasteiger partial charge in [0.15, 0.2) is 0 Å². The molecule has 1 aliphatic rings. The predicted octanol–water partition coefficient (Wildman–Crippen LogP) is 0.412. The van der Waals surface area contributed by atoms with Crippen molar-refractivity contribution in [2.24, 2.45) is 0 Å². The molecular weight excluding hydrogens is 159 g/mol. The van der Waals surface area contributed by atoms with E-state index in [0.29, 0.717) is 0 Å². The molecule has 0 bridgehead atoms. The minimum absolute atomic E-state index is 0.0415. The van der Waals surface area contributed by atoms with Gasteiger partial charge in [-0.1, -0.05) is 13.8 Å². The third-order valence-corrected chi connectivity index (χ3v) is 1.54. The van der Waals surface area contributed by atoms with Gasteiger partial charge in [0.2, 0.25) is 5.91 Å². The van der Waals surface area contributed by atoms with E-state index in [4.69, 9.17) is 0 Å². The van der Waals surface area contributed by atoms with E-state index < -0.39 is 6.17 Å². The highest BCUT2D eigenvalue weighted by atomic mass is 19.1. The number of carbonyl (C=O) groups is 1. The summed E-state index contributed by atoms with van der Waals surface area (Å²) in [5, 5.41) is 2.71. The van der Waals surface area contributed by atoms with E-state index in [1.54, 1.807) is 7.05 Å². The number of likely N-dealkylation sites (N-methyl/N-ethyl adjacent to an activating group) is 1. The fraction of sp³-hybridized carbons (Fsp3) is 0.875. The number of amides is 1. The first kappa shape index (κ1) is 11.4. The number of carbonyl (C=O) groups excluding carboxylic acids is 1. The van der Waals surface area contributed by atoms with E-state index in [-0.39, 0.29) is 25.5 Å². The number of hydrogen-bond acceptors (Lipinski definition) is 2. The minimum Gasteiger partial charge on any atom is -0.342 e. The summed E-state index contributed by atoms with van der Waals surface area (Å²) in [6.45, 7) is 4.76. The molecule has 1 aliphatic heterocycles. The van der Waals surface area contributed by atoms with Crippen molar-refractivity contribution in [3.8, 4) is 0 Å². The lowest BCUT2D eigenvalue weighted by molar-refractivity contribution is -0.128. The monoisotopic (exact) mass is 176 g/mol. The summed E-state index contributed by atoms with van der Waals surface area (Å²) in [5.74, 6) is -0.0415. The molecule has 1 heterocycles. The Morgan fingerprint density at radius 1 is 1.58 bits per heavy atom. The molecule has 0 aliphatic carbocycles. The highest BCUT2D eigenvalue weighted by Crippen LogP contribution is 1.97. The molecule has 72 valence electrons. The zero-order valence-electron chi connectivity index (χ0n) is 7.93. The third kappa shape index (κ3) is 3.67. The van der Waals surface area contributed by atoms with Gasteiger partial charge in [-0.3, -0.25) is 4.79 Å². The van der Waals surface area contributed by atoms with E-state index in [2.05, 4.69) is 5.32 Å². The maximum Gasteiger partial charge on any atom is 0.236 e. The molecule has 1 rings (SSSR count). The van der Waals surface area contributed by atoms with Gasteiger partial charge in [0.1, 0.15) is 6.17 Å². The van der Waals surface area contributed by atoms with Gasteiger partial charge in [-0.2, -0.15) is 0 Å². The van der Waals surface area contributed by atoms with E-state index in [0.717, 1.165) is 0 Å². The first-order chi connectivity index (χ1) is 5.70. The fourth-order valence-electron chi connectivity index (χ4n) is 0.934. The van der Waals surface area contributed by atoms with Gasteiger partial charge in [-0.15, -0.1) is 0 Å². The molecule has 1 amide bonds. The largest absolute Gasteiger partial charge is 0.342 e. The van der Waals surface area contributed by atoms with Gasteiger partial charge in [0, 0.05) is 13.6 Å². The number of nitrogens with zero attached hydrogens (tertiary/aromatic N) is 1. The Kier molecular flexibility index (Phi) is 5.62. The summed E-state index contributed by atoms with van der Waals surface area (Å²) in [6, 6.07) is 0. The lowest BCUT2D eigenvalue weighted by Gasteiger charge is -2.13. The number of alkyl halides is 1. The molecule has 12 heavy (non-hydrogen) atoms. The number of halogens is 1. The van der Waals surface area contributed by atoms with Crippen LogP contribution in [0.1, 0.15) is 13.8 Å². The zero-order valence-corrected chi connectivity index (χ0v) is 7.93. The van der Waals surface area contributed by atoms with Gasteiger partial charge in [-0.05, 0) is 0 Å². The molecule has 0 aromatic carbocycles. The van der Waals surface area contributed by atoms with Crippen LogP contribution in [-0.2, 0) is 4.79 Å². The van der Waals surface area contributed by atoms with Crippen molar-refractivity contribution < 1.29 is 9.18 Å². The van der Waals surface area contributed by atoms with Crippen LogP contribution in [0.4, 0.5) is 4.39 Å². The van der Waals surface area contributed by atoms with E-state index in [1.807, 2.05) is 13.8 Å². The molecular formula is C8H17FN2O. The van der Waals surface area contributed by atoms with Crippen molar-refractivity contribution >= 4 is 5.91 Å². The second kappa shape index (κ2) is 5.94. The molecule has 1 atom stereocenters. The maximum absolute atomic E-state index is 12.6. The van der Waals surface area contributed by atoms with Gasteiger partial charge in [0.05, 0.1) is 13.1 Å². The summed E-state index contributed by atoms with van der Waals surface area (Å²) >= 11 is 0. The lowest BCUT2D eigenvalue weighted by atomic mass is 10.4. The Bertz CT molecular complexity index is 141. The maximum atomic E-state index is 12.6. The van der Waals surface area contributed by atoms with Gasteiger partial charge >= 0.3 is 0 Å². The molecule has 0 saturated carbocycles. The number of rotatable bonds is 0. The highest BCUT2D eigenvalue weighted by Gasteiger charge is 2.18. The number of nitrogens with one attached hydrogen (secondary N) is 1. The van der Waals surface area contributed by atoms with E-state index in [1.165, 1.54) is 4.90 Å². The Labute approximate surface area is 72.9 Å². The first-order valence-corrected chi connectivity index (χ1v) is 4.29. The summed E-state index contributed by atoms with van der Waals surface area (Å²) in [6.07, 6.45) is -0.920. The SMILES string of the molecule is CC.CN1CC(F)CNCC1=O. The highest BCUT2D eigenvalue weighted by molar-refractivity contribution is 5.78. The van der Waals surface area contributed by atoms with Crippen LogP contribution in [0.3, 0.4) is 0 Å². The van der Waals surface area contributed by atoms with E-state index in [9.17, 15) is 9.18 Å². The first-order valence-electron chi connectivity index (χ1n) is 4.29. The van der Waals surface area contributed by atoms with Crippen molar-refractivity contribution in [3.63, 3.8) is 0 Å². The van der Waals surface area contributed by atoms with E-state index >= 15 is 0 Å². The van der Waals surface area contributed by atoms with Gasteiger partial charge in [-0.25, -0.2) is 4.39 Å². The Morgan fingerprint density at radius 3 is 2.75 bits per heavy atom. The topological polar surface area (TPSA) is 32.3 Å². The van der Waals surface area contributed by atoms with Crippen LogP contribution in [0.25, 0.3) is 0 Å². The average molecular weight is 176 g/mol. The average Bonchev–Trinajstić information content (AvgIpc) is 2.19. The zero-order chi connectivity index (χ0) is 9.56. The molecule has 1 saturated heterocycles. The second-order valence-electron chi connectivity index (χ2n) is 2.50. The fourth-order valence-corrected chi connectivity index (χ4v) is 0.934. The molecule has 1 N–H and O–H groups in total. The predicted molar refractivity (Wildman–Crippen MR) is 46.8 cm³/mol. The van der Waals surface area contributed by atoms with Crippen molar-refractivity contribution in [2.45, 2.75) is 20.0 Å². The van der Waals surface area contributed by atoms with Crippen molar-refractivity contribution in [3.05, 3.63) is 0 Å². The summed E-state index contributed by atoms with van der Waals surface area (Å²) in [7, 11) is 1.61. The van der Waals surface area contributed by atoms with Gasteiger partial charge in [0.25, 0.3) is 0 Å². The van der Waals surface area contributed by atoms with Crippen molar-refractivity contribution in [1.82, 2.24) is 10.2 Å². The van der Waals surface area contributed by atoms with Crippen LogP contribution < -0.4 is 5.32 Å². The smallest absolute Gasteiger partial charge is 0.236 e. The van der Waals surface area contributed by atoms with Gasteiger partial charge < -0.3 is 10.2 Å². The summed E-state index contributed by atoms with van der Waals surface area (Å²) in [5.41, 5.74) is 0. The molecule has 0 spiro atoms. The van der Waals surface area contributed by atoms with Crippen LogP contribution in [0.2, 0.25) is 0 Å². The van der Waals surface area contributed by atoms with Crippen LogP contribution in [0.15, 0.2) is 0 Å². The minimum atomic E-state index is -0.920. The molecule has 1 fully saturated rings. The molecule has 0 aromatic heterocycles. The molecule has 1 unspecified atom stereocenters. The molecule has 0 aromatic rings. The van der Waals surface area contributed by atoms with Crippen molar-refractivity contribution in [2.75, 3.05) is 26.7 Å². The summed E-state index contributed by atoms with van der Waals surface area (Å²) in [4.78, 5) is 12.3. The molecule has 4 heteroatoms. The van der Waals surface area contributed by atoms with Crippen LogP contribution in [0.5, 0.6) is 0 Å². The molecule has 0 radical (unpaired) electrons. The number of hydrogen-bond donors (Lipinski definition) is 1. The second-order valence-corrected chi connectivity index (χ2v) is 2.50. The molecule has 3 nitrogen and oxygen atoms in total. The summed E-state index contributed by atoms with van der Waals surface area (Å²) < 4.78 is 12.6. The Balaban J connectivity index is 0.000000561. The quantitative estimate of drug-likeness (QED) is 0.580. The van der Waals surface area contributed by atoms with Crippen LogP contribution in [-0.4, -0.2) is 43.7 Å². The lowest BCUT2D eigenvalue weighted by Crippen LogP contribution is -2.32.